The summed E-state index contributed by atoms with van der Waals surface area (Å²) in [5, 5.41) is 0. The van der Waals surface area contributed by atoms with Crippen molar-refractivity contribution in [2.24, 2.45) is 11.7 Å². The SMILES string of the molecule is NCC1CCCN(C(=O)c2cccc(OC(F)(F)F)c2)C1. The third kappa shape index (κ3) is 4.35. The van der Waals surface area contributed by atoms with E-state index in [0.717, 1.165) is 18.9 Å². The first-order valence-corrected chi connectivity index (χ1v) is 6.74. The molecule has 1 heterocycles. The number of hydrogen-bond donors (Lipinski definition) is 1. The number of halogens is 3. The number of carbonyl (C=O) groups excluding carboxylic acids is 1. The first kappa shape index (κ1) is 15.6. The summed E-state index contributed by atoms with van der Waals surface area (Å²) in [6.07, 6.45) is -2.94. The molecular weight excluding hydrogens is 285 g/mol. The van der Waals surface area contributed by atoms with Gasteiger partial charge >= 0.3 is 6.36 Å². The average molecular weight is 302 g/mol. The molecule has 0 saturated carbocycles. The normalized spacial score (nSPS) is 19.4. The quantitative estimate of drug-likeness (QED) is 0.933. The minimum absolute atomic E-state index is 0.189. The first-order chi connectivity index (χ1) is 9.89. The van der Waals surface area contributed by atoms with Crippen molar-refractivity contribution in [3.05, 3.63) is 29.8 Å². The van der Waals surface area contributed by atoms with Gasteiger partial charge in [-0.3, -0.25) is 4.79 Å². The van der Waals surface area contributed by atoms with E-state index in [2.05, 4.69) is 4.74 Å². The van der Waals surface area contributed by atoms with Gasteiger partial charge in [0.25, 0.3) is 5.91 Å². The predicted molar refractivity (Wildman–Crippen MR) is 70.8 cm³/mol. The summed E-state index contributed by atoms with van der Waals surface area (Å²) in [5.41, 5.74) is 5.80. The van der Waals surface area contributed by atoms with Gasteiger partial charge in [-0.1, -0.05) is 6.07 Å². The Morgan fingerprint density at radius 2 is 2.19 bits per heavy atom. The van der Waals surface area contributed by atoms with Crippen LogP contribution in [0.4, 0.5) is 13.2 Å². The number of alkyl halides is 3. The minimum atomic E-state index is -4.77. The fraction of sp³-hybridized carbons (Fsp3) is 0.500. The van der Waals surface area contributed by atoms with E-state index in [4.69, 9.17) is 5.73 Å². The molecule has 1 aliphatic rings. The maximum atomic E-state index is 12.3. The summed E-state index contributed by atoms with van der Waals surface area (Å²) in [6.45, 7) is 1.64. The van der Waals surface area contributed by atoms with Gasteiger partial charge in [0.05, 0.1) is 0 Å². The van der Waals surface area contributed by atoms with Crippen LogP contribution in [-0.2, 0) is 0 Å². The summed E-state index contributed by atoms with van der Waals surface area (Å²) in [7, 11) is 0. The average Bonchev–Trinajstić information content (AvgIpc) is 2.45. The highest BCUT2D eigenvalue weighted by Crippen LogP contribution is 2.24. The van der Waals surface area contributed by atoms with Crippen LogP contribution in [0.25, 0.3) is 0 Å². The molecule has 1 atom stereocenters. The second kappa shape index (κ2) is 6.34. The van der Waals surface area contributed by atoms with Crippen LogP contribution in [0.3, 0.4) is 0 Å². The zero-order valence-electron chi connectivity index (χ0n) is 11.4. The second-order valence-electron chi connectivity index (χ2n) is 5.07. The smallest absolute Gasteiger partial charge is 0.406 e. The first-order valence-electron chi connectivity index (χ1n) is 6.74. The summed E-state index contributed by atoms with van der Waals surface area (Å²) < 4.78 is 40.4. The van der Waals surface area contributed by atoms with Crippen LogP contribution in [0.5, 0.6) is 5.75 Å². The number of amides is 1. The summed E-state index contributed by atoms with van der Waals surface area (Å²) in [6, 6.07) is 5.14. The van der Waals surface area contributed by atoms with Gasteiger partial charge in [-0.15, -0.1) is 13.2 Å². The van der Waals surface area contributed by atoms with E-state index in [0.29, 0.717) is 19.6 Å². The van der Waals surface area contributed by atoms with E-state index in [1.807, 2.05) is 0 Å². The highest BCUT2D eigenvalue weighted by atomic mass is 19.4. The number of hydrogen-bond acceptors (Lipinski definition) is 3. The van der Waals surface area contributed by atoms with Gasteiger partial charge in [0.2, 0.25) is 0 Å². The Balaban J connectivity index is 2.10. The Kier molecular flexibility index (Phi) is 4.72. The van der Waals surface area contributed by atoms with Gasteiger partial charge in [0, 0.05) is 18.7 Å². The van der Waals surface area contributed by atoms with Crippen LogP contribution >= 0.6 is 0 Å². The fourth-order valence-electron chi connectivity index (χ4n) is 2.45. The zero-order valence-corrected chi connectivity index (χ0v) is 11.4. The Bertz CT molecular complexity index is 505. The molecule has 1 aliphatic heterocycles. The van der Waals surface area contributed by atoms with Gasteiger partial charge in [0.15, 0.2) is 0 Å². The van der Waals surface area contributed by atoms with Crippen molar-refractivity contribution in [2.75, 3.05) is 19.6 Å². The number of nitrogens with two attached hydrogens (primary N) is 1. The maximum absolute atomic E-state index is 12.3. The Morgan fingerprint density at radius 3 is 2.86 bits per heavy atom. The van der Waals surface area contributed by atoms with Crippen LogP contribution in [0.2, 0.25) is 0 Å². The molecule has 1 aromatic rings. The minimum Gasteiger partial charge on any atom is -0.406 e. The molecule has 1 unspecified atom stereocenters. The van der Waals surface area contributed by atoms with Crippen molar-refractivity contribution in [2.45, 2.75) is 19.2 Å². The highest BCUT2D eigenvalue weighted by Gasteiger charge is 2.31. The Hall–Kier alpha value is -1.76. The largest absolute Gasteiger partial charge is 0.573 e. The monoisotopic (exact) mass is 302 g/mol. The van der Waals surface area contributed by atoms with E-state index < -0.39 is 6.36 Å². The number of carbonyl (C=O) groups is 1. The molecule has 0 radical (unpaired) electrons. The molecule has 1 aromatic carbocycles. The summed E-state index contributed by atoms with van der Waals surface area (Å²) >= 11 is 0. The van der Waals surface area contributed by atoms with Crippen LogP contribution in [0, 0.1) is 5.92 Å². The third-order valence-corrected chi connectivity index (χ3v) is 3.45. The molecule has 116 valence electrons. The number of ether oxygens (including phenoxy) is 1. The lowest BCUT2D eigenvalue weighted by atomic mass is 9.97. The molecule has 7 heteroatoms. The molecule has 1 saturated heterocycles. The number of piperidine rings is 1. The van der Waals surface area contributed by atoms with Crippen LogP contribution < -0.4 is 10.5 Å². The Labute approximate surface area is 120 Å². The highest BCUT2D eigenvalue weighted by molar-refractivity contribution is 5.94. The Morgan fingerprint density at radius 1 is 1.43 bits per heavy atom. The van der Waals surface area contributed by atoms with E-state index in [1.54, 1.807) is 4.90 Å². The molecule has 2 rings (SSSR count). The zero-order chi connectivity index (χ0) is 15.5. The molecule has 1 fully saturated rings. The van der Waals surface area contributed by atoms with Crippen molar-refractivity contribution in [3.8, 4) is 5.75 Å². The van der Waals surface area contributed by atoms with Crippen molar-refractivity contribution < 1.29 is 22.7 Å². The lowest BCUT2D eigenvalue weighted by molar-refractivity contribution is -0.274. The van der Waals surface area contributed by atoms with Crippen molar-refractivity contribution >= 4 is 5.91 Å². The lowest BCUT2D eigenvalue weighted by Gasteiger charge is -2.32. The van der Waals surface area contributed by atoms with Gasteiger partial charge in [-0.2, -0.15) is 0 Å². The van der Waals surface area contributed by atoms with Crippen molar-refractivity contribution in [1.29, 1.82) is 0 Å². The van der Waals surface area contributed by atoms with Crippen LogP contribution in [-0.4, -0.2) is 36.8 Å². The molecule has 1 amide bonds. The number of nitrogens with zero attached hydrogens (tertiary/aromatic N) is 1. The fourth-order valence-corrected chi connectivity index (χ4v) is 2.45. The van der Waals surface area contributed by atoms with Gasteiger partial charge in [-0.05, 0) is 43.5 Å². The lowest BCUT2D eigenvalue weighted by Crippen LogP contribution is -2.42. The molecule has 0 spiro atoms. The molecule has 4 nitrogen and oxygen atoms in total. The molecule has 0 aliphatic carbocycles. The number of benzene rings is 1. The second-order valence-corrected chi connectivity index (χ2v) is 5.07. The van der Waals surface area contributed by atoms with E-state index in [9.17, 15) is 18.0 Å². The van der Waals surface area contributed by atoms with E-state index >= 15 is 0 Å². The summed E-state index contributed by atoms with van der Waals surface area (Å²) in [5.74, 6) is -0.432. The van der Waals surface area contributed by atoms with Crippen molar-refractivity contribution in [1.82, 2.24) is 4.90 Å². The molecular formula is C14H17F3N2O2. The molecule has 0 bridgehead atoms. The van der Waals surface area contributed by atoms with Crippen LogP contribution in [0.1, 0.15) is 23.2 Å². The van der Waals surface area contributed by atoms with Gasteiger partial charge < -0.3 is 15.4 Å². The molecule has 2 N–H and O–H groups in total. The summed E-state index contributed by atoms with van der Waals surface area (Å²) in [4.78, 5) is 14.0. The van der Waals surface area contributed by atoms with E-state index in [-0.39, 0.29) is 23.1 Å². The van der Waals surface area contributed by atoms with Gasteiger partial charge in [0.1, 0.15) is 5.75 Å². The van der Waals surface area contributed by atoms with Gasteiger partial charge in [-0.25, -0.2) is 0 Å². The third-order valence-electron chi connectivity index (χ3n) is 3.45. The number of rotatable bonds is 3. The van der Waals surface area contributed by atoms with Crippen molar-refractivity contribution in [3.63, 3.8) is 0 Å². The number of likely N-dealkylation sites (tertiary alicyclic amines) is 1. The molecule has 21 heavy (non-hydrogen) atoms. The molecule has 0 aromatic heterocycles. The topological polar surface area (TPSA) is 55.6 Å². The predicted octanol–water partition coefficient (Wildman–Crippen LogP) is 2.40. The van der Waals surface area contributed by atoms with E-state index in [1.165, 1.54) is 18.2 Å². The maximum Gasteiger partial charge on any atom is 0.573 e. The van der Waals surface area contributed by atoms with Crippen LogP contribution in [0.15, 0.2) is 24.3 Å². The standard InChI is InChI=1S/C14H17F3N2O2/c15-14(16,17)21-12-5-1-4-11(7-12)13(20)19-6-2-3-10(8-18)9-19/h1,4-5,7,10H,2-3,6,8-9,18H2.